The molecule has 108 heavy (non-hydrogen) atoms. The minimum Gasteiger partial charge on any atom is -0.456 e. The first kappa shape index (κ1) is 65.3. The summed E-state index contributed by atoms with van der Waals surface area (Å²) in [4.78, 5) is 40.1. The molecule has 12 aromatic carbocycles. The summed E-state index contributed by atoms with van der Waals surface area (Å²) in [6.07, 6.45) is 0. The van der Waals surface area contributed by atoms with E-state index < -0.39 is 0 Å². The van der Waals surface area contributed by atoms with Gasteiger partial charge in [-0.1, -0.05) is 182 Å². The van der Waals surface area contributed by atoms with Gasteiger partial charge in [0.1, 0.15) is 41.7 Å². The van der Waals surface area contributed by atoms with E-state index in [-0.39, 0.29) is 10.6 Å². The number of fused-ring (bicyclic) bond motifs is 24. The third kappa shape index (κ3) is 11.1. The molecule has 10 nitrogen and oxygen atoms in total. The van der Waals surface area contributed by atoms with Crippen molar-refractivity contribution in [3.05, 3.63) is 288 Å². The Morgan fingerprint density at radius 1 is 0.222 bits per heavy atom. The molecule has 24 aromatic rings. The molecule has 12 heterocycles. The van der Waals surface area contributed by atoms with Gasteiger partial charge in [0.25, 0.3) is 0 Å². The van der Waals surface area contributed by atoms with E-state index in [1.54, 1.807) is 56.7 Å². The molecule has 0 bridgehead atoms. The van der Waals surface area contributed by atoms with Gasteiger partial charge < -0.3 is 8.83 Å². The van der Waals surface area contributed by atoms with Crippen LogP contribution in [0.5, 0.6) is 0 Å². The number of hydrogen-bond donors (Lipinski definition) is 0. The molecule has 0 spiro atoms. The average Bonchev–Trinajstić information content (AvgIpc) is 1.98. The van der Waals surface area contributed by atoms with Gasteiger partial charge in [0, 0.05) is 146 Å². The number of rotatable bonds is 4. The van der Waals surface area contributed by atoms with Gasteiger partial charge in [0.2, 0.25) is 21.1 Å². The summed E-state index contributed by atoms with van der Waals surface area (Å²) < 4.78 is 22.0. The molecule has 512 valence electrons. The quantitative estimate of drug-likeness (QED) is 0.157. The Bertz CT molecular complexity index is 7350. The predicted octanol–water partition coefficient (Wildman–Crippen LogP) is 29.2. The molecular weight excluding hydrogens is 1540 g/mol. The van der Waals surface area contributed by atoms with E-state index in [0.717, 1.165) is 141 Å². The molecular formula is C88H44Cl4N8O2S6. The number of aromatic nitrogens is 8. The number of thiophene rings is 6. The van der Waals surface area contributed by atoms with Crippen LogP contribution in [-0.2, 0) is 0 Å². The SMILES string of the molecule is Clc1nc(-c2ccc3oc4ccccc4c3c2)c2c(n1)sc1ccccc12.Clc1nc(-c2ccc3sc4ccccc4c3c2)c2c(n1)sc1ccccc12.Clc1nc(-c2cccc3c2oc2ccccc23)c2c(n1)sc1ccccc12.Clc1nc(-c2cccc3c2sc2ccccc23)c2c(n1)sc1ccccc12. The van der Waals surface area contributed by atoms with E-state index in [9.17, 15) is 0 Å². The van der Waals surface area contributed by atoms with Gasteiger partial charge in [-0.15, -0.1) is 68.0 Å². The maximum atomic E-state index is 6.32. The van der Waals surface area contributed by atoms with Crippen molar-refractivity contribution >= 4 is 280 Å². The number of benzene rings is 12. The van der Waals surface area contributed by atoms with Crippen molar-refractivity contribution < 1.29 is 8.83 Å². The van der Waals surface area contributed by atoms with E-state index in [4.69, 9.17) is 55.2 Å². The van der Waals surface area contributed by atoms with E-state index in [1.165, 1.54) is 69.9 Å². The van der Waals surface area contributed by atoms with Crippen LogP contribution < -0.4 is 0 Å². The molecule has 0 fully saturated rings. The molecule has 0 N–H and O–H groups in total. The third-order valence-corrected chi connectivity index (χ3v) is 26.8. The molecule has 0 unspecified atom stereocenters. The zero-order valence-corrected chi connectivity index (χ0v) is 63.7. The topological polar surface area (TPSA) is 129 Å². The normalized spacial score (nSPS) is 11.9. The van der Waals surface area contributed by atoms with Gasteiger partial charge in [-0.2, -0.15) is 0 Å². The van der Waals surface area contributed by atoms with Gasteiger partial charge in [-0.05, 0) is 131 Å². The molecule has 0 amide bonds. The minimum absolute atomic E-state index is 0.247. The smallest absolute Gasteiger partial charge is 0.224 e. The zero-order valence-electron chi connectivity index (χ0n) is 55.8. The van der Waals surface area contributed by atoms with Crippen molar-refractivity contribution in [2.45, 2.75) is 0 Å². The van der Waals surface area contributed by atoms with E-state index in [1.807, 2.05) is 96.3 Å². The summed E-state index contributed by atoms with van der Waals surface area (Å²) in [5.41, 5.74) is 11.1. The molecule has 0 aliphatic rings. The first-order valence-corrected chi connectivity index (χ1v) is 40.6. The second-order valence-electron chi connectivity index (χ2n) is 25.7. The molecule has 24 rings (SSSR count). The molecule has 0 aliphatic carbocycles. The fourth-order valence-electron chi connectivity index (χ4n) is 14.8. The number of nitrogens with zero attached hydrogens (tertiary/aromatic N) is 8. The van der Waals surface area contributed by atoms with Crippen molar-refractivity contribution in [3.63, 3.8) is 0 Å². The highest BCUT2D eigenvalue weighted by atomic mass is 35.5. The van der Waals surface area contributed by atoms with Crippen molar-refractivity contribution in [2.75, 3.05) is 0 Å². The maximum absolute atomic E-state index is 6.32. The molecule has 0 aliphatic heterocycles. The number of hydrogen-bond acceptors (Lipinski definition) is 16. The molecule has 0 saturated carbocycles. The van der Waals surface area contributed by atoms with Crippen molar-refractivity contribution in [1.82, 2.24) is 39.9 Å². The van der Waals surface area contributed by atoms with Gasteiger partial charge >= 0.3 is 0 Å². The molecule has 0 radical (unpaired) electrons. The van der Waals surface area contributed by atoms with E-state index in [2.05, 4.69) is 222 Å². The predicted molar refractivity (Wildman–Crippen MR) is 462 cm³/mol. The maximum Gasteiger partial charge on any atom is 0.224 e. The second kappa shape index (κ2) is 26.5. The molecule has 12 aromatic heterocycles. The van der Waals surface area contributed by atoms with Crippen molar-refractivity contribution in [3.8, 4) is 45.0 Å². The van der Waals surface area contributed by atoms with E-state index >= 15 is 0 Å². The van der Waals surface area contributed by atoms with Crippen LogP contribution in [0.15, 0.2) is 276 Å². The minimum atomic E-state index is 0.247. The number of halogens is 4. The van der Waals surface area contributed by atoms with Crippen LogP contribution in [-0.4, -0.2) is 39.9 Å². The highest BCUT2D eigenvalue weighted by Crippen LogP contribution is 2.48. The highest BCUT2D eigenvalue weighted by Gasteiger charge is 2.24. The van der Waals surface area contributed by atoms with Gasteiger partial charge in [0.05, 0.1) is 22.8 Å². The second-order valence-corrected chi connectivity index (χ2v) is 33.3. The summed E-state index contributed by atoms with van der Waals surface area (Å²) in [6.45, 7) is 0. The lowest BCUT2D eigenvalue weighted by Crippen LogP contribution is -1.89. The Hall–Kier alpha value is -11.0. The molecule has 0 atom stereocenters. The Balaban J connectivity index is 0.0000000919. The first-order chi connectivity index (χ1) is 53.1. The summed E-state index contributed by atoms with van der Waals surface area (Å²) >= 11 is 35.4. The van der Waals surface area contributed by atoms with Crippen molar-refractivity contribution in [2.24, 2.45) is 0 Å². The average molecular weight is 1580 g/mol. The molecule has 0 saturated heterocycles. The fourth-order valence-corrected chi connectivity index (χ4v) is 22.3. The lowest BCUT2D eigenvalue weighted by molar-refractivity contribution is 0.669. The largest absolute Gasteiger partial charge is 0.456 e. The van der Waals surface area contributed by atoms with Crippen LogP contribution in [0.2, 0.25) is 21.1 Å². The molecule has 20 heteroatoms. The van der Waals surface area contributed by atoms with Gasteiger partial charge in [-0.25, -0.2) is 39.9 Å². The monoisotopic (exact) mass is 1580 g/mol. The summed E-state index contributed by atoms with van der Waals surface area (Å²) in [5.74, 6) is 0. The van der Waals surface area contributed by atoms with Crippen LogP contribution >= 0.6 is 114 Å². The highest BCUT2D eigenvalue weighted by molar-refractivity contribution is 7.28. The number of furan rings is 2. The summed E-state index contributed by atoms with van der Waals surface area (Å²) in [7, 11) is 0. The lowest BCUT2D eigenvalue weighted by atomic mass is 10.0. The van der Waals surface area contributed by atoms with Crippen molar-refractivity contribution in [1.29, 1.82) is 0 Å². The summed E-state index contributed by atoms with van der Waals surface area (Å²) in [6, 6.07) is 91.8. The van der Waals surface area contributed by atoms with E-state index in [0.29, 0.717) is 10.6 Å². The third-order valence-electron chi connectivity index (χ3n) is 19.5. The Morgan fingerprint density at radius 3 is 1.06 bits per heavy atom. The standard InChI is InChI=1S/2C22H11ClN2OS.2C22H11ClN2S2/c23-22-24-19(18-14-7-2-4-11-17(14)27-21(18)25-22)15-9-5-8-13-12-6-1-3-10-16(12)26-20(13)15;23-22-24-20(19-14-6-2-4-8-18(14)27-21(19)25-22)12-9-10-17-15(11-12)13-5-1-3-7-16(13)26-17;23-22-24-19(18-14-7-2-4-11-17(14)27-21(18)25-22)15-9-5-8-13-12-6-1-3-10-16(12)26-20(13)15;23-22-24-20(19-14-6-2-4-8-17(14)27-21(19)25-22)12-9-10-18-15(11-12)13-5-1-3-7-16(13)26-18/h4*1-11H. The van der Waals surface area contributed by atoms with Crippen LogP contribution in [0.1, 0.15) is 0 Å². The Labute approximate surface area is 655 Å². The van der Waals surface area contributed by atoms with Crippen LogP contribution in [0.25, 0.3) is 210 Å². The van der Waals surface area contributed by atoms with Crippen LogP contribution in [0.4, 0.5) is 0 Å². The Morgan fingerprint density at radius 2 is 0.556 bits per heavy atom. The Kier molecular flexibility index (Phi) is 16.0. The first-order valence-electron chi connectivity index (χ1n) is 34.2. The zero-order chi connectivity index (χ0) is 71.8. The lowest BCUT2D eigenvalue weighted by Gasteiger charge is -2.06. The van der Waals surface area contributed by atoms with Crippen LogP contribution in [0, 0.1) is 0 Å². The van der Waals surface area contributed by atoms with Gasteiger partial charge in [0.15, 0.2) is 0 Å². The van der Waals surface area contributed by atoms with Gasteiger partial charge in [-0.3, -0.25) is 0 Å². The summed E-state index contributed by atoms with van der Waals surface area (Å²) in [5, 5.41) is 19.4. The fraction of sp³-hybridized carbons (Fsp3) is 0. The van der Waals surface area contributed by atoms with Crippen LogP contribution in [0.3, 0.4) is 0 Å². The number of para-hydroxylation sites is 3.